The van der Waals surface area contributed by atoms with Gasteiger partial charge in [0.1, 0.15) is 12.4 Å². The molecule has 0 aliphatic heterocycles. The van der Waals surface area contributed by atoms with Gasteiger partial charge in [-0.15, -0.1) is 0 Å². The van der Waals surface area contributed by atoms with Gasteiger partial charge in [-0.05, 0) is 116 Å². The number of ether oxygens (including phenoxy) is 1. The van der Waals surface area contributed by atoms with Crippen molar-refractivity contribution < 1.29 is 36.6 Å². The van der Waals surface area contributed by atoms with Crippen molar-refractivity contribution in [2.24, 2.45) is 23.2 Å². The zero-order valence-electron chi connectivity index (χ0n) is 27.4. The Morgan fingerprint density at radius 3 is 2.33 bits per heavy atom. The molecule has 0 bridgehead atoms. The van der Waals surface area contributed by atoms with Gasteiger partial charge in [0.05, 0.1) is 6.10 Å². The second-order valence-electron chi connectivity index (χ2n) is 14.1. The van der Waals surface area contributed by atoms with Crippen LogP contribution in [0.3, 0.4) is 0 Å². The highest BCUT2D eigenvalue weighted by Crippen LogP contribution is 2.63. The molecule has 9 heteroatoms. The monoisotopic (exact) mass is 662 g/mol. The normalized spacial score (nSPS) is 27.6. The van der Waals surface area contributed by atoms with Crippen LogP contribution in [0.2, 0.25) is 0 Å². The number of phenolic OH excluding ortho intramolecular Hbond substituents is 1. The number of benzene rings is 1. The van der Waals surface area contributed by atoms with Gasteiger partial charge in [-0.2, -0.15) is 34.6 Å². The lowest BCUT2D eigenvalue weighted by Crippen LogP contribution is -2.48. The Hall–Kier alpha value is -1.35. The second kappa shape index (κ2) is 17.2. The van der Waals surface area contributed by atoms with Crippen LogP contribution in [0.4, 0.5) is 22.0 Å². The minimum atomic E-state index is -5.41. The van der Waals surface area contributed by atoms with Gasteiger partial charge >= 0.3 is 12.1 Å². The number of thiol groups is 1. The number of Topliss-reactive ketones (excluding diaryl/α,β-unsaturated/α-hetero) is 1. The second-order valence-corrected chi connectivity index (χ2v) is 14.5. The number of fused-ring (bicyclic) bond motifs is 5. The van der Waals surface area contributed by atoms with E-state index < -0.39 is 18.5 Å². The molecule has 0 saturated heterocycles. The molecule has 45 heavy (non-hydrogen) atoms. The Morgan fingerprint density at radius 2 is 1.69 bits per heavy atom. The van der Waals surface area contributed by atoms with E-state index in [1.165, 1.54) is 81.8 Å². The fourth-order valence-corrected chi connectivity index (χ4v) is 8.69. The van der Waals surface area contributed by atoms with Crippen LogP contribution in [0.1, 0.15) is 134 Å². The summed E-state index contributed by atoms with van der Waals surface area (Å²) in [5.41, 5.74) is 3.10. The molecule has 3 nitrogen and oxygen atoms in total. The van der Waals surface area contributed by atoms with E-state index in [9.17, 15) is 31.9 Å². The van der Waals surface area contributed by atoms with Crippen molar-refractivity contribution in [2.45, 2.75) is 148 Å². The molecule has 1 aromatic rings. The van der Waals surface area contributed by atoms with Crippen LogP contribution in [-0.4, -0.2) is 41.5 Å². The van der Waals surface area contributed by atoms with Crippen molar-refractivity contribution in [3.05, 3.63) is 29.3 Å². The molecule has 2 saturated carbocycles. The molecule has 2 fully saturated rings. The Labute approximate surface area is 272 Å². The lowest BCUT2D eigenvalue weighted by molar-refractivity contribution is -0.284. The van der Waals surface area contributed by atoms with Gasteiger partial charge in [-0.25, -0.2) is 0 Å². The van der Waals surface area contributed by atoms with Gasteiger partial charge in [0, 0.05) is 6.42 Å². The van der Waals surface area contributed by atoms with E-state index in [1.54, 1.807) is 6.92 Å². The largest absolute Gasteiger partial charge is 0.508 e. The number of rotatable bonds is 15. The first kappa shape index (κ1) is 38.1. The fraction of sp³-hybridized carbons (Fsp3) is 0.806. The van der Waals surface area contributed by atoms with Crippen molar-refractivity contribution in [1.82, 2.24) is 0 Å². The highest BCUT2D eigenvalue weighted by atomic mass is 32.1. The van der Waals surface area contributed by atoms with Crippen LogP contribution in [0, 0.1) is 23.2 Å². The predicted octanol–water partition coefficient (Wildman–Crippen LogP) is 10.9. The third kappa shape index (κ3) is 10.1. The van der Waals surface area contributed by atoms with Gasteiger partial charge in [-0.3, -0.25) is 4.79 Å². The zero-order chi connectivity index (χ0) is 33.3. The average Bonchev–Trinajstić information content (AvgIpc) is 3.31. The number of hydrogen-bond donors (Lipinski definition) is 2. The van der Waals surface area contributed by atoms with Crippen molar-refractivity contribution >= 4 is 18.4 Å². The first-order chi connectivity index (χ1) is 21.2. The van der Waals surface area contributed by atoms with E-state index in [4.69, 9.17) is 4.74 Å². The molecule has 3 unspecified atom stereocenters. The lowest BCUT2D eigenvalue weighted by atomic mass is 9.52. The third-order valence-corrected chi connectivity index (χ3v) is 11.1. The zero-order valence-corrected chi connectivity index (χ0v) is 28.3. The molecule has 6 atom stereocenters. The number of phenols is 1. The van der Waals surface area contributed by atoms with Crippen LogP contribution in [0.25, 0.3) is 0 Å². The van der Waals surface area contributed by atoms with Gasteiger partial charge in [0.2, 0.25) is 0 Å². The van der Waals surface area contributed by atoms with Crippen LogP contribution < -0.4 is 0 Å². The summed E-state index contributed by atoms with van der Waals surface area (Å²) in [5, 5.41) is 10.2. The van der Waals surface area contributed by atoms with Crippen molar-refractivity contribution in [1.29, 1.82) is 0 Å². The summed E-state index contributed by atoms with van der Waals surface area (Å²) in [5.74, 6) is -0.939. The van der Waals surface area contributed by atoms with Gasteiger partial charge in [0.25, 0.3) is 0 Å². The number of unbranched alkanes of at least 4 members (excludes halogenated alkanes) is 7. The maximum absolute atomic E-state index is 12.1. The van der Waals surface area contributed by atoms with Crippen molar-refractivity contribution in [3.63, 3.8) is 0 Å². The molecule has 0 amide bonds. The van der Waals surface area contributed by atoms with E-state index in [-0.39, 0.29) is 36.8 Å². The summed E-state index contributed by atoms with van der Waals surface area (Å²) in [7, 11) is 0. The first-order valence-corrected chi connectivity index (χ1v) is 17.9. The smallest absolute Gasteiger partial charge is 0.453 e. The third-order valence-electron chi connectivity index (χ3n) is 10.8. The molecule has 3 aliphatic carbocycles. The standard InChI is InChI=1S/C30H46O3.C6H9F5S/c1-4-5-6-7-8-9-10-11-22-18-23-19-24(32)12-13-25(23)26-16-17-30(3)27(29(22)26)14-15-28(30)33-20-21(2)31;7-5(8,6(9,10)11)3-1-2-4-12/h12-13,19,22,26-29,32H,4-11,14-18,20H2,1-3H3;12H,1-4H2/t22-,26?,27?,28+,29?,30+;/m1./s1. The Bertz CT molecular complexity index is 1060. The Balaban J connectivity index is 0.000000392. The summed E-state index contributed by atoms with van der Waals surface area (Å²) < 4.78 is 64.9. The number of carbonyl (C=O) groups excluding carboxylic acids is 1. The lowest BCUT2D eigenvalue weighted by Gasteiger charge is -2.53. The van der Waals surface area contributed by atoms with E-state index in [2.05, 4.69) is 32.5 Å². The molecule has 1 aromatic carbocycles. The van der Waals surface area contributed by atoms with Crippen molar-refractivity contribution in [3.8, 4) is 5.75 Å². The number of hydrogen-bond acceptors (Lipinski definition) is 4. The van der Waals surface area contributed by atoms with Crippen LogP contribution in [-0.2, 0) is 16.0 Å². The molecule has 4 rings (SSSR count). The summed E-state index contributed by atoms with van der Waals surface area (Å²) in [6, 6.07) is 6.16. The van der Waals surface area contributed by atoms with Crippen molar-refractivity contribution in [2.75, 3.05) is 12.4 Å². The summed E-state index contributed by atoms with van der Waals surface area (Å²) in [6.07, 6.45) is 10.5. The SMILES string of the molecule is CCCCCCCCC[C@@H]1Cc2cc(O)ccc2C2CC[C@@]3(C)C(CC[C@@H]3OCC(C)=O)C21.FC(F)(F)C(F)(F)CCCCS. The molecular weight excluding hydrogens is 607 g/mol. The molecule has 3 aliphatic rings. The molecule has 0 radical (unpaired) electrons. The molecular formula is C36H55F5O3S. The van der Waals surface area contributed by atoms with Crippen LogP contribution >= 0.6 is 12.6 Å². The number of alkyl halides is 5. The van der Waals surface area contributed by atoms with E-state index in [1.807, 2.05) is 12.1 Å². The first-order valence-electron chi connectivity index (χ1n) is 17.2. The predicted molar refractivity (Wildman–Crippen MR) is 173 cm³/mol. The van der Waals surface area contributed by atoms with Crippen LogP contribution in [0.15, 0.2) is 18.2 Å². The highest BCUT2D eigenvalue weighted by molar-refractivity contribution is 7.80. The summed E-state index contributed by atoms with van der Waals surface area (Å²) in [4.78, 5) is 11.6. The van der Waals surface area contributed by atoms with E-state index in [0.717, 1.165) is 12.8 Å². The van der Waals surface area contributed by atoms with Gasteiger partial charge < -0.3 is 9.84 Å². The molecule has 0 heterocycles. The quantitative estimate of drug-likeness (QED) is 0.112. The molecule has 0 aromatic heterocycles. The maximum Gasteiger partial charge on any atom is 0.453 e. The Morgan fingerprint density at radius 1 is 1.00 bits per heavy atom. The number of aromatic hydroxyl groups is 1. The average molecular weight is 663 g/mol. The number of halogens is 5. The highest BCUT2D eigenvalue weighted by Gasteiger charge is 2.58. The molecule has 1 N–H and O–H groups in total. The minimum Gasteiger partial charge on any atom is -0.508 e. The van der Waals surface area contributed by atoms with Crippen LogP contribution in [0.5, 0.6) is 5.75 Å². The summed E-state index contributed by atoms with van der Waals surface area (Å²) >= 11 is 3.70. The Kier molecular flexibility index (Phi) is 14.5. The molecule has 258 valence electrons. The fourth-order valence-electron chi connectivity index (χ4n) is 8.47. The maximum atomic E-state index is 12.1. The number of ketones is 1. The van der Waals surface area contributed by atoms with Gasteiger partial charge in [-0.1, -0.05) is 64.9 Å². The number of carbonyl (C=O) groups is 1. The summed E-state index contributed by atoms with van der Waals surface area (Å²) in [6.45, 7) is 6.65. The topological polar surface area (TPSA) is 46.5 Å². The van der Waals surface area contributed by atoms with E-state index >= 15 is 0 Å². The molecule has 0 spiro atoms. The van der Waals surface area contributed by atoms with Gasteiger partial charge in [0.15, 0.2) is 5.78 Å². The van der Waals surface area contributed by atoms with E-state index in [0.29, 0.717) is 35.2 Å². The minimum absolute atomic E-state index is 0.138.